The van der Waals surface area contributed by atoms with Crippen molar-refractivity contribution in [2.24, 2.45) is 17.8 Å². The molecule has 0 bridgehead atoms. The number of ether oxygens (including phenoxy) is 1. The van der Waals surface area contributed by atoms with E-state index in [-0.39, 0.29) is 57.1 Å². The lowest BCUT2D eigenvalue weighted by molar-refractivity contribution is -0.183. The summed E-state index contributed by atoms with van der Waals surface area (Å²) < 4.78 is 75.7. The molecule has 2 amide bonds. The fourth-order valence-corrected chi connectivity index (χ4v) is 6.51. The minimum Gasteiger partial charge on any atom is -0.445 e. The van der Waals surface area contributed by atoms with Crippen LogP contribution in [0.5, 0.6) is 0 Å². The molecule has 2 saturated carbocycles. The number of carbonyl (C=O) groups excluding carboxylic acids is 2. The average molecular weight is 649 g/mol. The third-order valence-corrected chi connectivity index (χ3v) is 9.40. The number of rotatable bonds is 9. The van der Waals surface area contributed by atoms with Crippen LogP contribution >= 0.6 is 0 Å². The van der Waals surface area contributed by atoms with E-state index in [9.17, 15) is 31.5 Å². The summed E-state index contributed by atoms with van der Waals surface area (Å²) in [6.07, 6.45) is -2.28. The zero-order valence-corrected chi connectivity index (χ0v) is 25.4. The van der Waals surface area contributed by atoms with Crippen molar-refractivity contribution in [2.75, 3.05) is 18.5 Å². The van der Waals surface area contributed by atoms with Gasteiger partial charge in [0.15, 0.2) is 5.65 Å². The summed E-state index contributed by atoms with van der Waals surface area (Å²) in [5.74, 6) is -6.12. The number of imidazole rings is 1. The largest absolute Gasteiger partial charge is 0.445 e. The fourth-order valence-electron chi connectivity index (χ4n) is 6.51. The number of halogens is 5. The van der Waals surface area contributed by atoms with Crippen molar-refractivity contribution < 1.29 is 36.3 Å². The first-order valence-corrected chi connectivity index (χ1v) is 15.7. The average Bonchev–Trinajstić information content (AvgIpc) is 3.79. The number of hydrogen-bond donors (Lipinski definition) is 2. The molecule has 248 valence electrons. The molecule has 14 heteroatoms. The molecule has 2 N–H and O–H groups in total. The molecule has 0 radical (unpaired) electrons. The van der Waals surface area contributed by atoms with E-state index in [2.05, 4.69) is 10.6 Å². The van der Waals surface area contributed by atoms with Crippen molar-refractivity contribution in [1.29, 1.82) is 0 Å². The Hall–Kier alpha value is -3.97. The number of carbonyl (C=O) groups is 2. The summed E-state index contributed by atoms with van der Waals surface area (Å²) in [7, 11) is 1.88. The lowest BCUT2D eigenvalue weighted by Gasteiger charge is -2.33. The number of alkyl halides is 5. The molecule has 0 spiro atoms. The van der Waals surface area contributed by atoms with Gasteiger partial charge in [-0.25, -0.2) is 23.1 Å². The Kier molecular flexibility index (Phi) is 8.81. The molecule has 3 aromatic rings. The zero-order chi connectivity index (χ0) is 32.6. The number of alkyl carbamates (subject to hydrolysis) is 1. The van der Waals surface area contributed by atoms with Gasteiger partial charge in [-0.05, 0) is 43.6 Å². The molecule has 1 aliphatic heterocycles. The van der Waals surface area contributed by atoms with Gasteiger partial charge in [-0.3, -0.25) is 4.79 Å². The molecule has 46 heavy (non-hydrogen) atoms. The smallest absolute Gasteiger partial charge is 0.408 e. The van der Waals surface area contributed by atoms with Crippen molar-refractivity contribution in [2.45, 2.75) is 82.2 Å². The highest BCUT2D eigenvalue weighted by molar-refractivity contribution is 5.80. The molecule has 2 aliphatic carbocycles. The lowest BCUT2D eigenvalue weighted by atomic mass is 9.81. The minimum absolute atomic E-state index is 0.000538. The minimum atomic E-state index is -4.43. The van der Waals surface area contributed by atoms with Crippen molar-refractivity contribution in [3.63, 3.8) is 0 Å². The van der Waals surface area contributed by atoms with E-state index in [0.29, 0.717) is 22.7 Å². The summed E-state index contributed by atoms with van der Waals surface area (Å²) in [6.45, 7) is -0.417. The molecular weight excluding hydrogens is 611 g/mol. The van der Waals surface area contributed by atoms with Gasteiger partial charge in [0.05, 0.1) is 35.2 Å². The number of anilines is 1. The first kappa shape index (κ1) is 32.0. The van der Waals surface area contributed by atoms with Crippen LogP contribution in [0.25, 0.3) is 5.65 Å². The van der Waals surface area contributed by atoms with Crippen molar-refractivity contribution in [3.05, 3.63) is 59.5 Å². The van der Waals surface area contributed by atoms with Crippen LogP contribution in [0.2, 0.25) is 0 Å². The summed E-state index contributed by atoms with van der Waals surface area (Å²) in [5, 5.41) is 9.99. The monoisotopic (exact) mass is 648 g/mol. The van der Waals surface area contributed by atoms with Crippen LogP contribution in [0.1, 0.15) is 67.9 Å². The Bertz CT molecular complexity index is 1550. The van der Waals surface area contributed by atoms with E-state index in [1.54, 1.807) is 12.3 Å². The topological polar surface area (TPSA) is 101 Å². The normalized spacial score (nSPS) is 22.7. The molecule has 1 unspecified atom stereocenters. The first-order chi connectivity index (χ1) is 21.9. The summed E-state index contributed by atoms with van der Waals surface area (Å²) >= 11 is 0. The summed E-state index contributed by atoms with van der Waals surface area (Å²) in [6, 6.07) is 10.4. The predicted octanol–water partition coefficient (Wildman–Crippen LogP) is 5.98. The van der Waals surface area contributed by atoms with Gasteiger partial charge < -0.3 is 20.3 Å². The van der Waals surface area contributed by atoms with Gasteiger partial charge in [0.2, 0.25) is 11.8 Å². The standard InChI is InChI=1S/C32H37F5N6O3/c1-42(23-7-8-23)26-15-27-39-25(17-43(27)41-24(26)14-21-13-22(32(35,36)37)16-38-29(21)44)28(20-9-11-31(33,34)12-10-20)40-30(45)46-18-19-5-3-2-4-6-19/h2-6,15,17,20-23,28H,7-14,16,18H2,1H3,(H,38,44)(H,40,45)/t21?,22-,28+/m1/s1. The SMILES string of the molecule is CN(c1cc2nc([C@@H](NC(=O)OCc3ccccc3)C3CCC(F)(F)CC3)cn2nc1CC1C[C@@H](C(F)(F)F)CNC1=O)C1CC1. The molecule has 3 aliphatic rings. The maximum absolute atomic E-state index is 14.1. The van der Waals surface area contributed by atoms with Crippen molar-refractivity contribution in [1.82, 2.24) is 25.2 Å². The van der Waals surface area contributed by atoms with Gasteiger partial charge in [0, 0.05) is 50.9 Å². The highest BCUT2D eigenvalue weighted by atomic mass is 19.4. The van der Waals surface area contributed by atoms with Crippen LogP contribution in [0.4, 0.5) is 32.4 Å². The molecule has 1 aromatic carbocycles. The number of benzene rings is 1. The Morgan fingerprint density at radius 3 is 2.57 bits per heavy atom. The number of nitrogens with zero attached hydrogens (tertiary/aromatic N) is 4. The molecule has 2 aromatic heterocycles. The lowest BCUT2D eigenvalue weighted by Crippen LogP contribution is -2.47. The van der Waals surface area contributed by atoms with Crippen LogP contribution in [-0.2, 0) is 22.6 Å². The number of fused-ring (bicyclic) bond motifs is 1. The van der Waals surface area contributed by atoms with Crippen LogP contribution in [-0.4, -0.2) is 58.3 Å². The Morgan fingerprint density at radius 2 is 1.89 bits per heavy atom. The third-order valence-electron chi connectivity index (χ3n) is 9.40. The molecule has 9 nitrogen and oxygen atoms in total. The molecule has 6 rings (SSSR count). The maximum Gasteiger partial charge on any atom is 0.408 e. The van der Waals surface area contributed by atoms with Gasteiger partial charge in [0.1, 0.15) is 6.61 Å². The van der Waals surface area contributed by atoms with Crippen LogP contribution < -0.4 is 15.5 Å². The molecule has 1 saturated heterocycles. The van der Waals surface area contributed by atoms with Crippen molar-refractivity contribution >= 4 is 23.3 Å². The van der Waals surface area contributed by atoms with Crippen LogP contribution in [0, 0.1) is 17.8 Å². The fraction of sp³-hybridized carbons (Fsp3) is 0.562. The first-order valence-electron chi connectivity index (χ1n) is 15.7. The number of piperidine rings is 1. The van der Waals surface area contributed by atoms with Gasteiger partial charge in [0.25, 0.3) is 0 Å². The van der Waals surface area contributed by atoms with E-state index in [1.807, 2.05) is 42.3 Å². The molecular formula is C32H37F5N6O3. The van der Waals surface area contributed by atoms with Gasteiger partial charge in [-0.15, -0.1) is 0 Å². The second kappa shape index (κ2) is 12.7. The summed E-state index contributed by atoms with van der Waals surface area (Å²) in [5.41, 5.74) is 2.74. The van der Waals surface area contributed by atoms with E-state index in [4.69, 9.17) is 14.8 Å². The highest BCUT2D eigenvalue weighted by Gasteiger charge is 2.45. The number of amides is 2. The molecule has 3 fully saturated rings. The quantitative estimate of drug-likeness (QED) is 0.277. The van der Waals surface area contributed by atoms with Crippen LogP contribution in [0.15, 0.2) is 42.6 Å². The van der Waals surface area contributed by atoms with Gasteiger partial charge in [-0.2, -0.15) is 18.3 Å². The Labute approximate surface area is 262 Å². The number of aromatic nitrogens is 3. The molecule has 3 heterocycles. The third kappa shape index (κ3) is 7.36. The van der Waals surface area contributed by atoms with Crippen LogP contribution in [0.3, 0.4) is 0 Å². The number of hydrogen-bond acceptors (Lipinski definition) is 6. The van der Waals surface area contributed by atoms with E-state index in [0.717, 1.165) is 18.4 Å². The van der Waals surface area contributed by atoms with E-state index < -0.39 is 48.5 Å². The highest BCUT2D eigenvalue weighted by Crippen LogP contribution is 2.42. The Morgan fingerprint density at radius 1 is 1.17 bits per heavy atom. The predicted molar refractivity (Wildman–Crippen MR) is 158 cm³/mol. The van der Waals surface area contributed by atoms with Gasteiger partial charge >= 0.3 is 12.3 Å². The second-order valence-corrected chi connectivity index (χ2v) is 12.8. The van der Waals surface area contributed by atoms with E-state index in [1.165, 1.54) is 4.52 Å². The second-order valence-electron chi connectivity index (χ2n) is 12.8. The molecule has 3 atom stereocenters. The van der Waals surface area contributed by atoms with E-state index >= 15 is 0 Å². The van der Waals surface area contributed by atoms with Crippen molar-refractivity contribution in [3.8, 4) is 0 Å². The zero-order valence-electron chi connectivity index (χ0n) is 25.4. The van der Waals surface area contributed by atoms with Gasteiger partial charge in [-0.1, -0.05) is 30.3 Å². The Balaban J connectivity index is 1.29. The number of nitrogens with one attached hydrogen (secondary N) is 2. The summed E-state index contributed by atoms with van der Waals surface area (Å²) in [4.78, 5) is 32.4. The maximum atomic E-state index is 14.1.